The third kappa shape index (κ3) is 4.79. The van der Waals surface area contributed by atoms with Crippen LogP contribution in [0.25, 0.3) is 11.1 Å². The molecule has 0 spiro atoms. The second-order valence-corrected chi connectivity index (χ2v) is 6.04. The van der Waals surface area contributed by atoms with Crippen molar-refractivity contribution in [3.8, 4) is 0 Å². The van der Waals surface area contributed by atoms with Crippen LogP contribution in [0.2, 0.25) is 0 Å². The monoisotopic (exact) mass is 384 g/mol. The van der Waals surface area contributed by atoms with E-state index < -0.39 is 24.2 Å². The predicted octanol–water partition coefficient (Wildman–Crippen LogP) is 3.28. The third-order valence-electron chi connectivity index (χ3n) is 3.84. The highest BCUT2D eigenvalue weighted by Crippen LogP contribution is 2.17. The molecule has 0 aliphatic carbocycles. The molecule has 0 aliphatic rings. The first-order valence-electron chi connectivity index (χ1n) is 8.53. The van der Waals surface area contributed by atoms with Crippen LogP contribution in [0.5, 0.6) is 0 Å². The highest BCUT2D eigenvalue weighted by atomic mass is 19.1. The molecule has 1 heterocycles. The molecular formula is C20H17FN2O5. The van der Waals surface area contributed by atoms with Gasteiger partial charge >= 0.3 is 5.97 Å². The summed E-state index contributed by atoms with van der Waals surface area (Å²) in [5, 5.41) is 2.41. The molecule has 1 aromatic heterocycles. The van der Waals surface area contributed by atoms with Gasteiger partial charge in [-0.2, -0.15) is 0 Å². The zero-order chi connectivity index (χ0) is 20.1. The summed E-state index contributed by atoms with van der Waals surface area (Å²) in [4.78, 5) is 39.1. The van der Waals surface area contributed by atoms with E-state index in [1.165, 1.54) is 19.1 Å². The number of benzene rings is 2. The van der Waals surface area contributed by atoms with Gasteiger partial charge in [0.05, 0.1) is 12.0 Å². The SMILES string of the molecule is CC(=O)Nc1ccc(C(=O)COC(=O)CCc2nc3ccccc3o2)c(F)c1. The molecule has 8 heteroatoms. The van der Waals surface area contributed by atoms with Gasteiger partial charge in [-0.3, -0.25) is 14.4 Å². The Hall–Kier alpha value is -3.55. The van der Waals surface area contributed by atoms with E-state index in [0.29, 0.717) is 17.0 Å². The molecule has 0 saturated heterocycles. The molecule has 0 atom stereocenters. The van der Waals surface area contributed by atoms with Crippen LogP contribution in [0.1, 0.15) is 29.6 Å². The normalized spacial score (nSPS) is 10.6. The lowest BCUT2D eigenvalue weighted by atomic mass is 10.1. The molecule has 0 unspecified atom stereocenters. The van der Waals surface area contributed by atoms with Crippen molar-refractivity contribution in [2.75, 3.05) is 11.9 Å². The summed E-state index contributed by atoms with van der Waals surface area (Å²) >= 11 is 0. The number of para-hydroxylation sites is 2. The highest BCUT2D eigenvalue weighted by molar-refractivity contribution is 5.99. The number of aryl methyl sites for hydroxylation is 1. The van der Waals surface area contributed by atoms with E-state index in [-0.39, 0.29) is 30.0 Å². The van der Waals surface area contributed by atoms with Crippen LogP contribution in [0, 0.1) is 5.82 Å². The number of carbonyl (C=O) groups is 3. The second-order valence-electron chi connectivity index (χ2n) is 6.04. The number of aromatic nitrogens is 1. The van der Waals surface area contributed by atoms with Gasteiger partial charge in [-0.1, -0.05) is 12.1 Å². The average molecular weight is 384 g/mol. The summed E-state index contributed by atoms with van der Waals surface area (Å²) < 4.78 is 24.4. The van der Waals surface area contributed by atoms with E-state index in [1.807, 2.05) is 12.1 Å². The Kier molecular flexibility index (Phi) is 5.78. The van der Waals surface area contributed by atoms with Crippen LogP contribution in [0.15, 0.2) is 46.9 Å². The highest BCUT2D eigenvalue weighted by Gasteiger charge is 2.16. The Morgan fingerprint density at radius 3 is 2.68 bits per heavy atom. The fourth-order valence-electron chi connectivity index (χ4n) is 2.55. The summed E-state index contributed by atoms with van der Waals surface area (Å²) in [6.45, 7) is 0.708. The van der Waals surface area contributed by atoms with Gasteiger partial charge in [0.15, 0.2) is 18.1 Å². The molecular weight excluding hydrogens is 367 g/mol. The van der Waals surface area contributed by atoms with Crippen molar-refractivity contribution in [3.63, 3.8) is 0 Å². The number of rotatable bonds is 7. The quantitative estimate of drug-likeness (QED) is 0.496. The summed E-state index contributed by atoms with van der Waals surface area (Å²) in [6, 6.07) is 10.9. The van der Waals surface area contributed by atoms with E-state index in [2.05, 4.69) is 10.3 Å². The van der Waals surface area contributed by atoms with Crippen molar-refractivity contribution in [2.45, 2.75) is 19.8 Å². The van der Waals surface area contributed by atoms with Gasteiger partial charge < -0.3 is 14.5 Å². The van der Waals surface area contributed by atoms with Crippen LogP contribution in [-0.2, 0) is 20.7 Å². The van der Waals surface area contributed by atoms with Crippen molar-refractivity contribution in [1.82, 2.24) is 4.98 Å². The van der Waals surface area contributed by atoms with Gasteiger partial charge in [0, 0.05) is 19.0 Å². The van der Waals surface area contributed by atoms with E-state index in [0.717, 1.165) is 6.07 Å². The van der Waals surface area contributed by atoms with Crippen molar-refractivity contribution in [2.24, 2.45) is 0 Å². The van der Waals surface area contributed by atoms with Crippen molar-refractivity contribution in [1.29, 1.82) is 0 Å². The second kappa shape index (κ2) is 8.43. The first kappa shape index (κ1) is 19.2. The smallest absolute Gasteiger partial charge is 0.306 e. The lowest BCUT2D eigenvalue weighted by Crippen LogP contribution is -2.16. The molecule has 0 bridgehead atoms. The number of hydrogen-bond acceptors (Lipinski definition) is 6. The standard InChI is InChI=1S/C20H17FN2O5/c1-12(24)22-13-6-7-14(15(21)10-13)17(25)11-27-20(26)9-8-19-23-16-4-2-3-5-18(16)28-19/h2-7,10H,8-9,11H2,1H3,(H,22,24). The number of amides is 1. The minimum Gasteiger partial charge on any atom is -0.457 e. The maximum atomic E-state index is 14.0. The largest absolute Gasteiger partial charge is 0.457 e. The number of esters is 1. The summed E-state index contributed by atoms with van der Waals surface area (Å²) in [5.41, 5.74) is 1.33. The fraction of sp³-hybridized carbons (Fsp3) is 0.200. The number of anilines is 1. The first-order valence-corrected chi connectivity index (χ1v) is 8.53. The maximum Gasteiger partial charge on any atom is 0.306 e. The van der Waals surface area contributed by atoms with Crippen LogP contribution in [-0.4, -0.2) is 29.3 Å². The van der Waals surface area contributed by atoms with E-state index in [1.54, 1.807) is 12.1 Å². The number of oxazole rings is 1. The number of nitrogens with zero attached hydrogens (tertiary/aromatic N) is 1. The van der Waals surface area contributed by atoms with E-state index in [9.17, 15) is 18.8 Å². The molecule has 0 radical (unpaired) electrons. The van der Waals surface area contributed by atoms with Gasteiger partial charge in [-0.25, -0.2) is 9.37 Å². The van der Waals surface area contributed by atoms with Gasteiger partial charge in [-0.15, -0.1) is 0 Å². The molecule has 0 fully saturated rings. The zero-order valence-corrected chi connectivity index (χ0v) is 15.0. The fourth-order valence-corrected chi connectivity index (χ4v) is 2.55. The van der Waals surface area contributed by atoms with Crippen molar-refractivity contribution >= 4 is 34.4 Å². The summed E-state index contributed by atoms with van der Waals surface area (Å²) in [5.74, 6) is -2.07. The molecule has 28 heavy (non-hydrogen) atoms. The Morgan fingerprint density at radius 2 is 1.96 bits per heavy atom. The van der Waals surface area contributed by atoms with Crippen LogP contribution < -0.4 is 5.32 Å². The van der Waals surface area contributed by atoms with Crippen molar-refractivity contribution in [3.05, 3.63) is 59.7 Å². The number of fused-ring (bicyclic) bond motifs is 1. The van der Waals surface area contributed by atoms with E-state index >= 15 is 0 Å². The van der Waals surface area contributed by atoms with Gasteiger partial charge in [-0.05, 0) is 30.3 Å². The number of ketones is 1. The average Bonchev–Trinajstić information content (AvgIpc) is 3.07. The third-order valence-corrected chi connectivity index (χ3v) is 3.84. The first-order chi connectivity index (χ1) is 13.4. The van der Waals surface area contributed by atoms with Crippen LogP contribution in [0.4, 0.5) is 10.1 Å². The molecule has 3 rings (SSSR count). The van der Waals surface area contributed by atoms with Gasteiger partial charge in [0.2, 0.25) is 11.7 Å². The Labute approximate surface area is 159 Å². The summed E-state index contributed by atoms with van der Waals surface area (Å²) in [7, 11) is 0. The van der Waals surface area contributed by atoms with Crippen LogP contribution in [0.3, 0.4) is 0 Å². The number of ether oxygens (including phenoxy) is 1. The molecule has 1 N–H and O–H groups in total. The van der Waals surface area contributed by atoms with E-state index in [4.69, 9.17) is 9.15 Å². The zero-order valence-electron chi connectivity index (χ0n) is 15.0. The topological polar surface area (TPSA) is 98.5 Å². The molecule has 144 valence electrons. The minimum atomic E-state index is -0.807. The Morgan fingerprint density at radius 1 is 1.18 bits per heavy atom. The Bertz CT molecular complexity index is 1010. The van der Waals surface area contributed by atoms with Gasteiger partial charge in [0.25, 0.3) is 0 Å². The maximum absolute atomic E-state index is 14.0. The molecule has 1 amide bonds. The van der Waals surface area contributed by atoms with Crippen molar-refractivity contribution < 1.29 is 27.9 Å². The van der Waals surface area contributed by atoms with Gasteiger partial charge in [0.1, 0.15) is 11.3 Å². The predicted molar refractivity (Wildman–Crippen MR) is 98.3 cm³/mol. The van der Waals surface area contributed by atoms with Crippen LogP contribution >= 0.6 is 0 Å². The lowest BCUT2D eigenvalue weighted by Gasteiger charge is -2.07. The number of hydrogen-bond donors (Lipinski definition) is 1. The molecule has 0 saturated carbocycles. The number of nitrogens with one attached hydrogen (secondary N) is 1. The molecule has 0 aliphatic heterocycles. The number of Topliss-reactive ketones (excluding diaryl/α,β-unsaturated/α-hetero) is 1. The Balaban J connectivity index is 1.51. The number of carbonyl (C=O) groups excluding carboxylic acids is 3. The molecule has 2 aromatic carbocycles. The molecule has 7 nitrogen and oxygen atoms in total. The lowest BCUT2D eigenvalue weighted by molar-refractivity contribution is -0.142. The minimum absolute atomic E-state index is 0.0238. The molecule has 3 aromatic rings. The number of halogens is 1. The summed E-state index contributed by atoms with van der Waals surface area (Å²) in [6.07, 6.45) is 0.200.